The number of para-hydroxylation sites is 1. The number of likely N-dealkylation sites (N-methyl/N-ethyl adjacent to an activating group) is 1. The first-order chi connectivity index (χ1) is 28.4. The zero-order valence-electron chi connectivity index (χ0n) is 33.4. The van der Waals surface area contributed by atoms with E-state index in [1.165, 1.54) is 16.7 Å². The number of Topliss-reactive ketones (excluding diaryl/α,β-unsaturated/α-hetero) is 1. The van der Waals surface area contributed by atoms with Crippen molar-refractivity contribution in [1.82, 2.24) is 25.5 Å². The van der Waals surface area contributed by atoms with Gasteiger partial charge in [-0.15, -0.1) is 0 Å². The van der Waals surface area contributed by atoms with Crippen molar-refractivity contribution in [2.45, 2.75) is 84.9 Å². The standard InChI is InChI=1S/C44H52ClN7O5S2/c1-52-39(23-32-26-49-37-12-4-3-11-35(32)37)42(54)51-27-33-21-31(28-14-16-34(17-15-28)59(2,56)57)22-36(45)41(33)58-43-30(10-8-20-48-43)25-50-38(13-7-19-47)40(53)24-29(44(52)55)9-5-6-18-46/h3-4,8,10-12,14-17,20-22,26,29,38-39,49-50H,5-7,9,13,18-19,23-25,27,46-47H2,1-2H3,(H,51,54)/t29-,38+,39+/m1/s1. The number of ketones is 1. The summed E-state index contributed by atoms with van der Waals surface area (Å²) in [5, 5.41) is 8.62. The number of amides is 2. The van der Waals surface area contributed by atoms with E-state index in [0.717, 1.165) is 39.4 Å². The summed E-state index contributed by atoms with van der Waals surface area (Å²) in [6, 6.07) is 20.4. The fourth-order valence-electron chi connectivity index (χ4n) is 7.53. The van der Waals surface area contributed by atoms with Crippen molar-refractivity contribution in [2.24, 2.45) is 17.4 Å². The van der Waals surface area contributed by atoms with Crippen LogP contribution in [0.15, 0.2) is 100 Å². The largest absolute Gasteiger partial charge is 0.361 e. The average Bonchev–Trinajstić information content (AvgIpc) is 3.64. The van der Waals surface area contributed by atoms with Crippen molar-refractivity contribution < 1.29 is 22.8 Å². The summed E-state index contributed by atoms with van der Waals surface area (Å²) in [6.45, 7) is 1.25. The van der Waals surface area contributed by atoms with E-state index in [1.54, 1.807) is 37.5 Å². The minimum Gasteiger partial charge on any atom is -0.361 e. The van der Waals surface area contributed by atoms with Crippen LogP contribution in [0.5, 0.6) is 0 Å². The second-order valence-corrected chi connectivity index (χ2v) is 18.5. The summed E-state index contributed by atoms with van der Waals surface area (Å²) < 4.78 is 24.4. The molecule has 0 spiro atoms. The Balaban J connectivity index is 1.45. The Hall–Kier alpha value is -4.57. The smallest absolute Gasteiger partial charge is 0.243 e. The monoisotopic (exact) mass is 857 g/mol. The number of pyridine rings is 1. The molecule has 0 saturated carbocycles. The molecule has 0 fully saturated rings. The molecule has 0 radical (unpaired) electrons. The molecule has 0 unspecified atom stereocenters. The number of fused-ring (bicyclic) bond motifs is 3. The first-order valence-electron chi connectivity index (χ1n) is 19.9. The molecule has 15 heteroatoms. The van der Waals surface area contributed by atoms with Crippen LogP contribution in [0.2, 0.25) is 5.02 Å². The summed E-state index contributed by atoms with van der Waals surface area (Å²) in [6.07, 6.45) is 7.84. The highest BCUT2D eigenvalue weighted by atomic mass is 35.5. The zero-order chi connectivity index (χ0) is 42.1. The predicted octanol–water partition coefficient (Wildman–Crippen LogP) is 6.04. The fraction of sp³-hybridized carbons (Fsp3) is 0.364. The van der Waals surface area contributed by atoms with Crippen LogP contribution in [-0.2, 0) is 43.7 Å². The molecule has 0 saturated heterocycles. The Morgan fingerprint density at radius 1 is 0.898 bits per heavy atom. The molecular formula is C44H52ClN7O5S2. The number of benzene rings is 3. The number of H-pyrrole nitrogens is 1. The van der Waals surface area contributed by atoms with E-state index in [-0.39, 0.29) is 41.9 Å². The maximum atomic E-state index is 14.6. The van der Waals surface area contributed by atoms with Crippen LogP contribution < -0.4 is 22.1 Å². The molecule has 6 rings (SSSR count). The molecule has 2 amide bonds. The van der Waals surface area contributed by atoms with Crippen molar-refractivity contribution in [3.8, 4) is 11.1 Å². The van der Waals surface area contributed by atoms with Crippen LogP contribution in [0.25, 0.3) is 22.0 Å². The first kappa shape index (κ1) is 44.0. The highest BCUT2D eigenvalue weighted by molar-refractivity contribution is 7.99. The Bertz CT molecular complexity index is 2390. The van der Waals surface area contributed by atoms with Gasteiger partial charge in [-0.25, -0.2) is 13.4 Å². The molecule has 2 aromatic heterocycles. The van der Waals surface area contributed by atoms with Crippen LogP contribution >= 0.6 is 23.4 Å². The molecular weight excluding hydrogens is 806 g/mol. The van der Waals surface area contributed by atoms with Crippen molar-refractivity contribution in [3.63, 3.8) is 0 Å². The lowest BCUT2D eigenvalue weighted by atomic mass is 9.90. The summed E-state index contributed by atoms with van der Waals surface area (Å²) in [7, 11) is -1.77. The summed E-state index contributed by atoms with van der Waals surface area (Å²) in [5.41, 5.74) is 16.6. The van der Waals surface area contributed by atoms with Crippen LogP contribution in [0, 0.1) is 5.92 Å². The van der Waals surface area contributed by atoms with Crippen LogP contribution in [0.1, 0.15) is 55.2 Å². The third-order valence-corrected chi connectivity index (χ3v) is 13.7. The topological polar surface area (TPSA) is 193 Å². The number of carbonyl (C=O) groups is 3. The van der Waals surface area contributed by atoms with Crippen molar-refractivity contribution in [2.75, 3.05) is 26.4 Å². The maximum absolute atomic E-state index is 14.6. The van der Waals surface area contributed by atoms with Gasteiger partial charge >= 0.3 is 0 Å². The van der Waals surface area contributed by atoms with E-state index in [2.05, 4.69) is 15.6 Å². The Labute approximate surface area is 355 Å². The summed E-state index contributed by atoms with van der Waals surface area (Å²) in [5.74, 6) is -1.43. The van der Waals surface area contributed by atoms with Gasteiger partial charge in [0.15, 0.2) is 15.6 Å². The van der Waals surface area contributed by atoms with Crippen molar-refractivity contribution >= 4 is 61.7 Å². The van der Waals surface area contributed by atoms with Gasteiger partial charge in [-0.05, 0) is 103 Å². The number of rotatable bonds is 11. The number of nitrogens with two attached hydrogens (primary N) is 2. The minimum absolute atomic E-state index is 0.00104. The lowest BCUT2D eigenvalue weighted by Gasteiger charge is -2.31. The zero-order valence-corrected chi connectivity index (χ0v) is 35.8. The van der Waals surface area contributed by atoms with Gasteiger partial charge in [0.05, 0.1) is 16.0 Å². The Kier molecular flexibility index (Phi) is 15.0. The van der Waals surface area contributed by atoms with E-state index in [4.69, 9.17) is 28.1 Å². The second-order valence-electron chi connectivity index (χ2n) is 15.1. The summed E-state index contributed by atoms with van der Waals surface area (Å²) >= 11 is 8.48. The molecule has 12 nitrogen and oxygen atoms in total. The van der Waals surface area contributed by atoms with Gasteiger partial charge < -0.3 is 32.0 Å². The number of unbranched alkanes of at least 4 members (excludes halogenated alkanes) is 1. The third-order valence-electron chi connectivity index (χ3n) is 10.9. The van der Waals surface area contributed by atoms with Gasteiger partial charge in [0.25, 0.3) is 0 Å². The van der Waals surface area contributed by atoms with Crippen LogP contribution in [0.4, 0.5) is 0 Å². The molecule has 7 N–H and O–H groups in total. The SMILES string of the molecule is CN1C(=O)[C@H](CCCCN)CC(=O)[C@H](CCCN)NCc2cccnc2Sc2c(Cl)cc(-c3ccc(S(C)(=O)=O)cc3)cc2CNC(=O)[C@@H]1Cc1c[nH]c2ccccc12. The number of hydrogen-bond donors (Lipinski definition) is 5. The highest BCUT2D eigenvalue weighted by Gasteiger charge is 2.34. The molecule has 3 heterocycles. The number of sulfone groups is 1. The third kappa shape index (κ3) is 11.0. The lowest BCUT2D eigenvalue weighted by molar-refractivity contribution is -0.143. The summed E-state index contributed by atoms with van der Waals surface area (Å²) in [4.78, 5) is 53.8. The van der Waals surface area contributed by atoms with Crippen LogP contribution in [0.3, 0.4) is 0 Å². The molecule has 5 aromatic rings. The van der Waals surface area contributed by atoms with Gasteiger partial charge in [-0.3, -0.25) is 14.4 Å². The van der Waals surface area contributed by atoms with Gasteiger partial charge in [0.1, 0.15) is 11.1 Å². The first-order valence-corrected chi connectivity index (χ1v) is 23.0. The number of aromatic nitrogens is 2. The van der Waals surface area contributed by atoms with Gasteiger partial charge in [-0.1, -0.05) is 66.2 Å². The second kappa shape index (κ2) is 20.1. The Morgan fingerprint density at radius 2 is 1.66 bits per heavy atom. The maximum Gasteiger partial charge on any atom is 0.243 e. The van der Waals surface area contributed by atoms with Crippen molar-refractivity contribution in [1.29, 1.82) is 0 Å². The van der Waals surface area contributed by atoms with Gasteiger partial charge in [-0.2, -0.15) is 0 Å². The molecule has 0 aliphatic carbocycles. The minimum atomic E-state index is -3.41. The number of halogens is 1. The average molecular weight is 859 g/mol. The number of hydrogen-bond acceptors (Lipinski definition) is 10. The van der Waals surface area contributed by atoms with E-state index < -0.39 is 27.8 Å². The molecule has 1 aliphatic heterocycles. The molecule has 0 bridgehead atoms. The molecule has 3 atom stereocenters. The molecule has 59 heavy (non-hydrogen) atoms. The number of carbonyl (C=O) groups excluding carboxylic acids is 3. The number of nitrogens with one attached hydrogen (secondary N) is 3. The fourth-order valence-corrected chi connectivity index (χ4v) is 9.51. The molecule has 312 valence electrons. The van der Waals surface area contributed by atoms with E-state index in [0.29, 0.717) is 72.2 Å². The van der Waals surface area contributed by atoms with E-state index in [1.807, 2.05) is 54.7 Å². The molecule has 3 aromatic carbocycles. The normalized spacial score (nSPS) is 18.6. The van der Waals surface area contributed by atoms with Gasteiger partial charge in [0.2, 0.25) is 11.8 Å². The van der Waals surface area contributed by atoms with E-state index in [9.17, 15) is 22.8 Å². The van der Waals surface area contributed by atoms with Gasteiger partial charge in [0, 0.05) is 73.3 Å². The number of aromatic amines is 1. The highest BCUT2D eigenvalue weighted by Crippen LogP contribution is 2.40. The van der Waals surface area contributed by atoms with Crippen LogP contribution in [-0.4, -0.2) is 79.4 Å². The quantitative estimate of drug-likeness (QED) is 0.0979. The van der Waals surface area contributed by atoms with Crippen molar-refractivity contribution in [3.05, 3.63) is 107 Å². The van der Waals surface area contributed by atoms with E-state index >= 15 is 0 Å². The molecule has 1 aliphatic rings. The Morgan fingerprint density at radius 3 is 2.41 bits per heavy atom. The number of nitrogens with zero attached hydrogens (tertiary/aromatic N) is 2. The lowest BCUT2D eigenvalue weighted by Crippen LogP contribution is -2.51. The predicted molar refractivity (Wildman–Crippen MR) is 234 cm³/mol.